The van der Waals surface area contributed by atoms with E-state index in [0.29, 0.717) is 30.1 Å². The Balaban J connectivity index is 2.29. The lowest BCUT2D eigenvalue weighted by Gasteiger charge is -2.16. The SMILES string of the molecule is COc1cc(/C=C/N2N=CCCC2=O)cc(OC)c1OC. The number of benzene rings is 1. The van der Waals surface area contributed by atoms with E-state index < -0.39 is 0 Å². The summed E-state index contributed by atoms with van der Waals surface area (Å²) in [4.78, 5) is 11.7. The summed E-state index contributed by atoms with van der Waals surface area (Å²) in [5, 5.41) is 5.36. The van der Waals surface area contributed by atoms with Gasteiger partial charge in [-0.15, -0.1) is 0 Å². The fraction of sp³-hybridized carbons (Fsp3) is 0.333. The van der Waals surface area contributed by atoms with Crippen LogP contribution in [0.5, 0.6) is 17.2 Å². The number of carbonyl (C=O) groups excluding carboxylic acids is 1. The molecule has 1 aliphatic rings. The van der Waals surface area contributed by atoms with Gasteiger partial charge in [-0.05, 0) is 30.2 Å². The Morgan fingerprint density at radius 1 is 1.14 bits per heavy atom. The standard InChI is InChI=1S/C15H18N2O4/c1-19-12-9-11(10-13(20-2)15(12)21-3)6-8-17-14(18)5-4-7-16-17/h6-10H,4-5H2,1-3H3/b8-6+. The molecular weight excluding hydrogens is 272 g/mol. The first-order valence-corrected chi connectivity index (χ1v) is 6.52. The Morgan fingerprint density at radius 2 is 1.81 bits per heavy atom. The molecule has 1 amide bonds. The monoisotopic (exact) mass is 290 g/mol. The largest absolute Gasteiger partial charge is 0.493 e. The minimum atomic E-state index is -0.0267. The highest BCUT2D eigenvalue weighted by Gasteiger charge is 2.14. The topological polar surface area (TPSA) is 60.4 Å². The molecule has 0 aliphatic carbocycles. The van der Waals surface area contributed by atoms with Gasteiger partial charge < -0.3 is 14.2 Å². The van der Waals surface area contributed by atoms with Gasteiger partial charge in [0.25, 0.3) is 0 Å². The molecule has 0 radical (unpaired) electrons. The molecule has 21 heavy (non-hydrogen) atoms. The van der Waals surface area contributed by atoms with Crippen LogP contribution in [0.15, 0.2) is 23.4 Å². The Hall–Kier alpha value is -2.50. The Labute approximate surface area is 123 Å². The van der Waals surface area contributed by atoms with Crippen LogP contribution in [0.1, 0.15) is 18.4 Å². The highest BCUT2D eigenvalue weighted by molar-refractivity contribution is 5.83. The van der Waals surface area contributed by atoms with Crippen molar-refractivity contribution in [1.29, 1.82) is 0 Å². The summed E-state index contributed by atoms with van der Waals surface area (Å²) < 4.78 is 15.8. The second-order valence-electron chi connectivity index (χ2n) is 4.35. The van der Waals surface area contributed by atoms with E-state index in [0.717, 1.165) is 5.56 Å². The zero-order valence-corrected chi connectivity index (χ0v) is 12.3. The number of carbonyl (C=O) groups is 1. The lowest BCUT2D eigenvalue weighted by atomic mass is 10.1. The van der Waals surface area contributed by atoms with Gasteiger partial charge in [-0.3, -0.25) is 4.79 Å². The molecule has 1 heterocycles. The molecule has 0 N–H and O–H groups in total. The van der Waals surface area contributed by atoms with Crippen molar-refractivity contribution in [3.05, 3.63) is 23.9 Å². The van der Waals surface area contributed by atoms with Gasteiger partial charge in [0.2, 0.25) is 11.7 Å². The van der Waals surface area contributed by atoms with Crippen molar-refractivity contribution in [2.45, 2.75) is 12.8 Å². The highest BCUT2D eigenvalue weighted by Crippen LogP contribution is 2.38. The number of amides is 1. The Morgan fingerprint density at radius 3 is 2.33 bits per heavy atom. The normalized spacial score (nSPS) is 14.6. The quantitative estimate of drug-likeness (QED) is 0.834. The molecule has 1 aromatic rings. The van der Waals surface area contributed by atoms with Crippen LogP contribution in [0.4, 0.5) is 0 Å². The van der Waals surface area contributed by atoms with E-state index in [9.17, 15) is 4.79 Å². The first kappa shape index (κ1) is 14.9. The number of nitrogens with zero attached hydrogens (tertiary/aromatic N) is 2. The first-order valence-electron chi connectivity index (χ1n) is 6.52. The molecule has 0 atom stereocenters. The number of hydrazone groups is 1. The predicted octanol–water partition coefficient (Wildman–Crippen LogP) is 2.29. The Kier molecular flexibility index (Phi) is 4.81. The van der Waals surface area contributed by atoms with Crippen molar-refractivity contribution >= 4 is 18.2 Å². The number of hydrogen-bond donors (Lipinski definition) is 0. The average Bonchev–Trinajstić information content (AvgIpc) is 2.52. The number of ether oxygens (including phenoxy) is 3. The molecular formula is C15H18N2O4. The molecule has 6 heteroatoms. The maximum Gasteiger partial charge on any atom is 0.247 e. The predicted molar refractivity (Wildman–Crippen MR) is 79.7 cm³/mol. The second-order valence-corrected chi connectivity index (χ2v) is 4.35. The van der Waals surface area contributed by atoms with Crippen molar-refractivity contribution in [3.8, 4) is 17.2 Å². The van der Waals surface area contributed by atoms with Gasteiger partial charge in [-0.1, -0.05) is 0 Å². The van der Waals surface area contributed by atoms with Gasteiger partial charge in [0, 0.05) is 18.8 Å². The molecule has 2 rings (SSSR count). The molecule has 0 spiro atoms. The van der Waals surface area contributed by atoms with Gasteiger partial charge >= 0.3 is 0 Å². The molecule has 0 saturated carbocycles. The van der Waals surface area contributed by atoms with Crippen LogP contribution in [0.2, 0.25) is 0 Å². The molecule has 1 aromatic carbocycles. The fourth-order valence-corrected chi connectivity index (χ4v) is 1.99. The minimum Gasteiger partial charge on any atom is -0.493 e. The van der Waals surface area contributed by atoms with Crippen LogP contribution >= 0.6 is 0 Å². The summed E-state index contributed by atoms with van der Waals surface area (Å²) in [5.74, 6) is 1.63. The fourth-order valence-electron chi connectivity index (χ4n) is 1.99. The van der Waals surface area contributed by atoms with Gasteiger partial charge in [0.15, 0.2) is 11.5 Å². The minimum absolute atomic E-state index is 0.0267. The summed E-state index contributed by atoms with van der Waals surface area (Å²) >= 11 is 0. The van der Waals surface area contributed by atoms with Gasteiger partial charge in [0.1, 0.15) is 0 Å². The molecule has 1 aliphatic heterocycles. The number of rotatable bonds is 5. The molecule has 0 fully saturated rings. The zero-order valence-electron chi connectivity index (χ0n) is 12.3. The van der Waals surface area contributed by atoms with E-state index in [1.807, 2.05) is 0 Å². The maximum atomic E-state index is 11.7. The van der Waals surface area contributed by atoms with Crippen LogP contribution < -0.4 is 14.2 Å². The van der Waals surface area contributed by atoms with Crippen LogP contribution in [-0.4, -0.2) is 38.5 Å². The van der Waals surface area contributed by atoms with Crippen molar-refractivity contribution < 1.29 is 19.0 Å². The average molecular weight is 290 g/mol. The number of hydrogen-bond acceptors (Lipinski definition) is 5. The summed E-state index contributed by atoms with van der Waals surface area (Å²) in [6.07, 6.45) is 6.28. The first-order chi connectivity index (χ1) is 10.2. The lowest BCUT2D eigenvalue weighted by Crippen LogP contribution is -2.23. The third kappa shape index (κ3) is 3.34. The molecule has 112 valence electrons. The molecule has 6 nitrogen and oxygen atoms in total. The summed E-state index contributed by atoms with van der Waals surface area (Å²) in [7, 11) is 4.67. The number of methoxy groups -OCH3 is 3. The van der Waals surface area contributed by atoms with E-state index in [4.69, 9.17) is 14.2 Å². The third-order valence-electron chi connectivity index (χ3n) is 3.04. The van der Waals surface area contributed by atoms with E-state index in [1.54, 1.807) is 52.0 Å². The molecule has 0 saturated heterocycles. The Bertz CT molecular complexity index is 556. The van der Waals surface area contributed by atoms with Crippen LogP contribution in [0.3, 0.4) is 0 Å². The van der Waals surface area contributed by atoms with E-state index in [-0.39, 0.29) is 5.91 Å². The van der Waals surface area contributed by atoms with Gasteiger partial charge in [-0.2, -0.15) is 5.10 Å². The van der Waals surface area contributed by atoms with Crippen molar-refractivity contribution in [2.24, 2.45) is 5.10 Å². The van der Waals surface area contributed by atoms with Crippen molar-refractivity contribution in [3.63, 3.8) is 0 Å². The third-order valence-corrected chi connectivity index (χ3v) is 3.04. The van der Waals surface area contributed by atoms with Crippen LogP contribution in [0.25, 0.3) is 6.08 Å². The van der Waals surface area contributed by atoms with Gasteiger partial charge in [0.05, 0.1) is 21.3 Å². The summed E-state index contributed by atoms with van der Waals surface area (Å²) in [6.45, 7) is 0. The summed E-state index contributed by atoms with van der Waals surface area (Å²) in [6, 6.07) is 3.60. The summed E-state index contributed by atoms with van der Waals surface area (Å²) in [5.41, 5.74) is 0.818. The van der Waals surface area contributed by atoms with Gasteiger partial charge in [-0.25, -0.2) is 5.01 Å². The lowest BCUT2D eigenvalue weighted by molar-refractivity contribution is -0.128. The van der Waals surface area contributed by atoms with E-state index >= 15 is 0 Å². The van der Waals surface area contributed by atoms with E-state index in [1.165, 1.54) is 5.01 Å². The smallest absolute Gasteiger partial charge is 0.247 e. The van der Waals surface area contributed by atoms with Crippen molar-refractivity contribution in [2.75, 3.05) is 21.3 Å². The highest BCUT2D eigenvalue weighted by atomic mass is 16.5. The molecule has 0 unspecified atom stereocenters. The second kappa shape index (κ2) is 6.78. The maximum absolute atomic E-state index is 11.7. The van der Waals surface area contributed by atoms with E-state index in [2.05, 4.69) is 5.10 Å². The van der Waals surface area contributed by atoms with Crippen LogP contribution in [-0.2, 0) is 4.79 Å². The zero-order chi connectivity index (χ0) is 15.2. The molecule has 0 aromatic heterocycles. The van der Waals surface area contributed by atoms with Crippen molar-refractivity contribution in [1.82, 2.24) is 5.01 Å². The molecule has 0 bridgehead atoms. The van der Waals surface area contributed by atoms with Crippen LogP contribution in [0, 0.1) is 0 Å².